The molecule has 1 aromatic rings. The van der Waals surface area contributed by atoms with E-state index in [4.69, 9.17) is 5.41 Å². The van der Waals surface area contributed by atoms with Crippen LogP contribution in [0.4, 0.5) is 0 Å². The third-order valence-electron chi connectivity index (χ3n) is 3.15. The van der Waals surface area contributed by atoms with Gasteiger partial charge in [0.2, 0.25) is 0 Å². The summed E-state index contributed by atoms with van der Waals surface area (Å²) in [6, 6.07) is 0.396. The Kier molecular flexibility index (Phi) is 20.1. The van der Waals surface area contributed by atoms with E-state index in [-0.39, 0.29) is 50.4 Å². The van der Waals surface area contributed by atoms with Crippen molar-refractivity contribution < 1.29 is 32.7 Å². The molecule has 1 rings (SSSR count). The molecule has 0 saturated carbocycles. The van der Waals surface area contributed by atoms with Gasteiger partial charge in [-0.15, -0.1) is 5.92 Å². The number of nitrogens with zero attached hydrogens (tertiary/aromatic N) is 5. The molecule has 0 aliphatic heterocycles. The summed E-state index contributed by atoms with van der Waals surface area (Å²) in [5.41, 5.74) is 0. The van der Waals surface area contributed by atoms with Gasteiger partial charge in [-0.05, 0) is 13.8 Å². The molecule has 0 aromatic carbocycles. The molecule has 0 aliphatic carbocycles. The summed E-state index contributed by atoms with van der Waals surface area (Å²) in [6.45, 7) is 24.6. The first-order valence-electron chi connectivity index (χ1n) is 10.1. The van der Waals surface area contributed by atoms with Crippen LogP contribution in [0.1, 0.15) is 113 Å². The van der Waals surface area contributed by atoms with Gasteiger partial charge in [0.15, 0.2) is 5.82 Å². The second-order valence-electron chi connectivity index (χ2n) is 8.16. The van der Waals surface area contributed by atoms with E-state index in [1.165, 1.54) is 0 Å². The first kappa shape index (κ1) is 32.3. The van der Waals surface area contributed by atoms with Gasteiger partial charge in [-0.3, -0.25) is 5.84 Å². The molecular formula is C22H42N5Y. The molecule has 0 unspecified atom stereocenters. The number of rotatable bonds is 5. The zero-order valence-electron chi connectivity index (χ0n) is 20.3. The Morgan fingerprint density at radius 2 is 1.43 bits per heavy atom. The fourth-order valence-electron chi connectivity index (χ4n) is 1.70. The molecule has 0 atom stereocenters. The van der Waals surface area contributed by atoms with Gasteiger partial charge in [-0.1, -0.05) is 61.3 Å². The smallest absolute Gasteiger partial charge is 0.644 e. The van der Waals surface area contributed by atoms with Crippen LogP contribution in [-0.2, 0) is 32.7 Å². The summed E-state index contributed by atoms with van der Waals surface area (Å²) in [5, 5.41) is 13.6. The first-order chi connectivity index (χ1) is 12.4. The zero-order chi connectivity index (χ0) is 21.7. The maximum atomic E-state index is 9.06. The molecule has 1 heterocycles. The molecule has 0 radical (unpaired) electrons. The van der Waals surface area contributed by atoms with E-state index in [9.17, 15) is 0 Å². The van der Waals surface area contributed by atoms with E-state index < -0.39 is 0 Å². The molecule has 6 heteroatoms. The Morgan fingerprint density at radius 3 is 1.68 bits per heavy atom. The van der Waals surface area contributed by atoms with Crippen LogP contribution in [0.2, 0.25) is 0 Å². The van der Waals surface area contributed by atoms with Gasteiger partial charge in [0, 0.05) is 17.9 Å². The SMILES string of the molecule is CC(C)[C-]=NC(=[N-])C(C)C.CC(C)c1nc(C(C)C)n(C(C)C)n1.C[CH-]C.[Y+3]. The number of aliphatic imine (C=N–C) groups is 1. The molecule has 5 nitrogen and oxygen atoms in total. The van der Waals surface area contributed by atoms with Crippen LogP contribution in [0.3, 0.4) is 0 Å². The quantitative estimate of drug-likeness (QED) is 0.281. The molecule has 0 amide bonds. The van der Waals surface area contributed by atoms with Crippen LogP contribution in [0.15, 0.2) is 4.99 Å². The predicted octanol–water partition coefficient (Wildman–Crippen LogP) is 6.55. The van der Waals surface area contributed by atoms with Crippen molar-refractivity contribution in [1.82, 2.24) is 14.8 Å². The fraction of sp³-hybridized carbons (Fsp3) is 0.773. The minimum absolute atomic E-state index is 0. The Bertz CT molecular complexity index is 518. The normalized spacial score (nSPS) is 10.9. The standard InChI is InChI=1S/C11H21N3.C8H14N2.C3H7.Y/c1-7(2)10-12-11(8(3)4)14(13-10)9(5)6;1-6(2)5-10-8(9)7(3)4;1-3-2;/h7-9H,1-6H3;6-7H,1-4H3;3H,1-2H3;/q;-2;-1;+3. The maximum absolute atomic E-state index is 9.06. The van der Waals surface area contributed by atoms with Gasteiger partial charge in [0.1, 0.15) is 5.82 Å². The largest absolute Gasteiger partial charge is 3.00 e. The molecule has 158 valence electrons. The van der Waals surface area contributed by atoms with Gasteiger partial charge in [0.05, 0.1) is 0 Å². The average molecular weight is 466 g/mol. The monoisotopic (exact) mass is 465 g/mol. The van der Waals surface area contributed by atoms with Crippen molar-refractivity contribution in [2.45, 2.75) is 101 Å². The molecule has 0 bridgehead atoms. The topological polar surface area (TPSA) is 65.4 Å². The van der Waals surface area contributed by atoms with Crippen molar-refractivity contribution >= 4 is 12.1 Å². The van der Waals surface area contributed by atoms with Crippen molar-refractivity contribution in [3.05, 3.63) is 23.5 Å². The average Bonchev–Trinajstić information content (AvgIpc) is 3.00. The second kappa shape index (κ2) is 17.4. The van der Waals surface area contributed by atoms with Gasteiger partial charge >= 0.3 is 32.7 Å². The summed E-state index contributed by atoms with van der Waals surface area (Å²) in [5.74, 6) is 3.46. The van der Waals surface area contributed by atoms with Gasteiger partial charge in [-0.25, -0.2) is 9.67 Å². The summed E-state index contributed by atoms with van der Waals surface area (Å²) < 4.78 is 2.04. The zero-order valence-corrected chi connectivity index (χ0v) is 23.1. The van der Waals surface area contributed by atoms with Gasteiger partial charge in [-0.2, -0.15) is 18.9 Å². The second-order valence-corrected chi connectivity index (χ2v) is 8.16. The van der Waals surface area contributed by atoms with Crippen molar-refractivity contribution in [1.29, 1.82) is 0 Å². The van der Waals surface area contributed by atoms with Crippen LogP contribution in [-0.4, -0.2) is 26.8 Å². The third kappa shape index (κ3) is 14.6. The van der Waals surface area contributed by atoms with E-state index in [2.05, 4.69) is 62.8 Å². The van der Waals surface area contributed by atoms with E-state index in [1.807, 2.05) is 52.6 Å². The third-order valence-corrected chi connectivity index (χ3v) is 3.15. The van der Waals surface area contributed by atoms with Crippen LogP contribution in [0, 0.1) is 18.3 Å². The van der Waals surface area contributed by atoms with E-state index in [0.29, 0.717) is 17.9 Å². The van der Waals surface area contributed by atoms with Crippen molar-refractivity contribution in [2.24, 2.45) is 16.8 Å². The Morgan fingerprint density at radius 1 is 0.964 bits per heavy atom. The Balaban J connectivity index is -0.000000395. The minimum Gasteiger partial charge on any atom is -0.644 e. The van der Waals surface area contributed by atoms with E-state index in [1.54, 1.807) is 0 Å². The van der Waals surface area contributed by atoms with Crippen LogP contribution in [0.25, 0.3) is 5.41 Å². The van der Waals surface area contributed by atoms with Crippen LogP contribution in [0.5, 0.6) is 0 Å². The molecule has 0 spiro atoms. The molecular weight excluding hydrogens is 423 g/mol. The summed E-state index contributed by atoms with van der Waals surface area (Å²) >= 11 is 0. The summed E-state index contributed by atoms with van der Waals surface area (Å²) in [4.78, 5) is 8.33. The van der Waals surface area contributed by atoms with Crippen molar-refractivity contribution in [3.8, 4) is 0 Å². The molecule has 0 saturated heterocycles. The Hall–Kier alpha value is -0.416. The van der Waals surface area contributed by atoms with Gasteiger partial charge < -0.3 is 23.0 Å². The number of hydrogen-bond acceptors (Lipinski definition) is 2. The maximum Gasteiger partial charge on any atom is 3.00 e. The number of aromatic nitrogens is 3. The first-order valence-corrected chi connectivity index (χ1v) is 10.1. The molecule has 28 heavy (non-hydrogen) atoms. The summed E-state index contributed by atoms with van der Waals surface area (Å²) in [6.07, 6.45) is 4.76. The minimum atomic E-state index is 0. The predicted molar refractivity (Wildman–Crippen MR) is 120 cm³/mol. The van der Waals surface area contributed by atoms with E-state index >= 15 is 0 Å². The van der Waals surface area contributed by atoms with E-state index in [0.717, 1.165) is 11.6 Å². The Labute approximate surface area is 200 Å². The van der Waals surface area contributed by atoms with Gasteiger partial charge in [0.25, 0.3) is 0 Å². The van der Waals surface area contributed by atoms with Crippen molar-refractivity contribution in [2.75, 3.05) is 0 Å². The van der Waals surface area contributed by atoms with Crippen LogP contribution >= 0.6 is 0 Å². The molecule has 0 fully saturated rings. The fourth-order valence-corrected chi connectivity index (χ4v) is 1.70. The number of hydrogen-bond donors (Lipinski definition) is 0. The van der Waals surface area contributed by atoms with Crippen LogP contribution < -0.4 is 0 Å². The van der Waals surface area contributed by atoms with Crippen molar-refractivity contribution in [3.63, 3.8) is 0 Å². The molecule has 1 aromatic heterocycles. The summed E-state index contributed by atoms with van der Waals surface area (Å²) in [7, 11) is 0. The molecule has 0 aliphatic rings. The number of amidine groups is 1. The molecule has 0 N–H and O–H groups in total.